The number of hydrogen-bond acceptors (Lipinski definition) is 5. The van der Waals surface area contributed by atoms with Crippen LogP contribution in [0.15, 0.2) is 33.6 Å². The van der Waals surface area contributed by atoms with E-state index >= 15 is 0 Å². The summed E-state index contributed by atoms with van der Waals surface area (Å²) in [5, 5.41) is 2.80. The third-order valence-electron chi connectivity index (χ3n) is 3.62. The van der Waals surface area contributed by atoms with E-state index in [2.05, 4.69) is 30.9 Å². The Balaban J connectivity index is 1.65. The summed E-state index contributed by atoms with van der Waals surface area (Å²) in [5.74, 6) is -0.165. The highest BCUT2D eigenvalue weighted by atomic mass is 79.9. The number of sulfonamides is 1. The lowest BCUT2D eigenvalue weighted by atomic mass is 10.4. The number of rotatable bonds is 8. The monoisotopic (exact) mass is 419 g/mol. The highest BCUT2D eigenvalue weighted by Crippen LogP contribution is 2.14. The van der Waals surface area contributed by atoms with Gasteiger partial charge in [0, 0.05) is 43.6 Å². The van der Waals surface area contributed by atoms with Gasteiger partial charge in [0.1, 0.15) is 0 Å². The van der Waals surface area contributed by atoms with Gasteiger partial charge < -0.3 is 10.1 Å². The van der Waals surface area contributed by atoms with Crippen LogP contribution in [0.2, 0.25) is 0 Å². The summed E-state index contributed by atoms with van der Waals surface area (Å²) in [6.07, 6.45) is 0.110. The topological polar surface area (TPSA) is 87.7 Å². The highest BCUT2D eigenvalue weighted by Gasteiger charge is 2.14. The van der Waals surface area contributed by atoms with Crippen molar-refractivity contribution in [1.29, 1.82) is 0 Å². The third-order valence-corrected chi connectivity index (χ3v) is 5.63. The zero-order chi connectivity index (χ0) is 17.4. The molecule has 2 rings (SSSR count). The quantitative estimate of drug-likeness (QED) is 0.642. The van der Waals surface area contributed by atoms with Gasteiger partial charge >= 0.3 is 0 Å². The minimum absolute atomic E-state index is 0.0712. The summed E-state index contributed by atoms with van der Waals surface area (Å²) in [6.45, 7) is 4.61. The maximum Gasteiger partial charge on any atom is 0.240 e. The first kappa shape index (κ1) is 19.3. The van der Waals surface area contributed by atoms with Crippen molar-refractivity contribution in [2.45, 2.75) is 11.3 Å². The van der Waals surface area contributed by atoms with E-state index < -0.39 is 10.0 Å². The Morgan fingerprint density at radius 1 is 1.17 bits per heavy atom. The summed E-state index contributed by atoms with van der Waals surface area (Å²) in [7, 11) is -3.58. The molecule has 1 heterocycles. The van der Waals surface area contributed by atoms with Gasteiger partial charge in [-0.15, -0.1) is 0 Å². The zero-order valence-corrected chi connectivity index (χ0v) is 15.7. The average molecular weight is 420 g/mol. The van der Waals surface area contributed by atoms with Gasteiger partial charge in [0.05, 0.1) is 18.1 Å². The van der Waals surface area contributed by atoms with Crippen molar-refractivity contribution in [3.05, 3.63) is 28.7 Å². The molecule has 2 N–H and O–H groups in total. The van der Waals surface area contributed by atoms with Crippen LogP contribution >= 0.6 is 15.9 Å². The van der Waals surface area contributed by atoms with Crippen molar-refractivity contribution in [1.82, 2.24) is 14.9 Å². The fraction of sp³-hybridized carbons (Fsp3) is 0.533. The normalized spacial score (nSPS) is 16.0. The fourth-order valence-corrected chi connectivity index (χ4v) is 3.56. The summed E-state index contributed by atoms with van der Waals surface area (Å²) in [4.78, 5) is 14.2. The van der Waals surface area contributed by atoms with Crippen molar-refractivity contribution in [2.75, 3.05) is 45.9 Å². The Labute approximate surface area is 150 Å². The first-order valence-electron chi connectivity index (χ1n) is 7.79. The van der Waals surface area contributed by atoms with Crippen molar-refractivity contribution in [3.63, 3.8) is 0 Å². The van der Waals surface area contributed by atoms with Crippen molar-refractivity contribution in [3.8, 4) is 0 Å². The van der Waals surface area contributed by atoms with E-state index in [1.807, 2.05) is 0 Å². The Morgan fingerprint density at radius 2 is 1.83 bits per heavy atom. The predicted molar refractivity (Wildman–Crippen MR) is 94.2 cm³/mol. The second-order valence-electron chi connectivity index (χ2n) is 5.41. The standard InChI is InChI=1S/C15H22BrN3O4S/c16-13-1-3-14(4-2-13)24(21,22)18-6-5-15(20)17-7-8-19-9-11-23-12-10-19/h1-4,18H,5-12H2,(H,17,20). The number of morpholine rings is 1. The largest absolute Gasteiger partial charge is 0.379 e. The second-order valence-corrected chi connectivity index (χ2v) is 8.09. The van der Waals surface area contributed by atoms with Crippen LogP contribution in [0.25, 0.3) is 0 Å². The lowest BCUT2D eigenvalue weighted by molar-refractivity contribution is -0.121. The molecule has 0 radical (unpaired) electrons. The number of nitrogens with zero attached hydrogens (tertiary/aromatic N) is 1. The average Bonchev–Trinajstić information content (AvgIpc) is 2.56. The van der Waals surface area contributed by atoms with E-state index in [0.29, 0.717) is 6.54 Å². The van der Waals surface area contributed by atoms with E-state index in [-0.39, 0.29) is 23.8 Å². The first-order valence-corrected chi connectivity index (χ1v) is 10.1. The summed E-state index contributed by atoms with van der Waals surface area (Å²) in [5.41, 5.74) is 0. The SMILES string of the molecule is O=C(CCNS(=O)(=O)c1ccc(Br)cc1)NCCN1CCOCC1. The number of ether oxygens (including phenoxy) is 1. The maximum atomic E-state index is 12.1. The van der Waals surface area contributed by atoms with E-state index in [0.717, 1.165) is 37.3 Å². The molecule has 0 unspecified atom stereocenters. The summed E-state index contributed by atoms with van der Waals surface area (Å²) in [6, 6.07) is 6.34. The number of halogens is 1. The molecule has 0 aromatic heterocycles. The van der Waals surface area contributed by atoms with Gasteiger partial charge in [-0.25, -0.2) is 13.1 Å². The Bertz CT molecular complexity index is 631. The van der Waals surface area contributed by atoms with E-state index in [1.165, 1.54) is 12.1 Å². The minimum atomic E-state index is -3.58. The second kappa shape index (κ2) is 9.47. The predicted octanol–water partition coefficient (Wildman–Crippen LogP) is 0.566. The maximum absolute atomic E-state index is 12.1. The molecule has 1 fully saturated rings. The van der Waals surface area contributed by atoms with Gasteiger partial charge in [0.25, 0.3) is 0 Å². The molecule has 1 aromatic carbocycles. The van der Waals surface area contributed by atoms with Crippen LogP contribution in [-0.4, -0.2) is 65.2 Å². The molecule has 24 heavy (non-hydrogen) atoms. The molecule has 7 nitrogen and oxygen atoms in total. The lowest BCUT2D eigenvalue weighted by Gasteiger charge is -2.26. The van der Waals surface area contributed by atoms with Crippen LogP contribution < -0.4 is 10.0 Å². The van der Waals surface area contributed by atoms with Crippen molar-refractivity contribution < 1.29 is 17.9 Å². The Hall–Kier alpha value is -1.00. The van der Waals surface area contributed by atoms with Gasteiger partial charge in [-0.2, -0.15) is 0 Å². The van der Waals surface area contributed by atoms with Gasteiger partial charge in [0.15, 0.2) is 0 Å². The number of nitrogens with one attached hydrogen (secondary N) is 2. The van der Waals surface area contributed by atoms with Gasteiger partial charge in [0.2, 0.25) is 15.9 Å². The highest BCUT2D eigenvalue weighted by molar-refractivity contribution is 9.10. The molecular formula is C15H22BrN3O4S. The molecule has 0 aliphatic carbocycles. The molecule has 0 spiro atoms. The van der Waals surface area contributed by atoms with Gasteiger partial charge in [-0.05, 0) is 24.3 Å². The lowest BCUT2D eigenvalue weighted by Crippen LogP contribution is -2.41. The molecule has 1 aromatic rings. The molecule has 0 bridgehead atoms. The van der Waals surface area contributed by atoms with Crippen LogP contribution in [0.5, 0.6) is 0 Å². The minimum Gasteiger partial charge on any atom is -0.379 e. The molecule has 1 aliphatic rings. The van der Waals surface area contributed by atoms with E-state index in [1.54, 1.807) is 12.1 Å². The van der Waals surface area contributed by atoms with E-state index in [4.69, 9.17) is 4.74 Å². The number of carbonyl (C=O) groups is 1. The summed E-state index contributed by atoms with van der Waals surface area (Å²) < 4.78 is 32.6. The van der Waals surface area contributed by atoms with Crippen LogP contribution in [0, 0.1) is 0 Å². The van der Waals surface area contributed by atoms with Crippen molar-refractivity contribution >= 4 is 31.9 Å². The van der Waals surface area contributed by atoms with E-state index in [9.17, 15) is 13.2 Å². The summed E-state index contributed by atoms with van der Waals surface area (Å²) >= 11 is 3.26. The van der Waals surface area contributed by atoms with Crippen LogP contribution in [-0.2, 0) is 19.6 Å². The van der Waals surface area contributed by atoms with Crippen molar-refractivity contribution in [2.24, 2.45) is 0 Å². The molecule has 1 amide bonds. The Kier molecular flexibility index (Phi) is 7.63. The third kappa shape index (κ3) is 6.48. The molecule has 9 heteroatoms. The van der Waals surface area contributed by atoms with Gasteiger partial charge in [-0.3, -0.25) is 9.69 Å². The number of carbonyl (C=O) groups excluding carboxylic acids is 1. The molecule has 134 valence electrons. The number of amides is 1. The number of benzene rings is 1. The fourth-order valence-electron chi connectivity index (χ4n) is 2.26. The smallest absolute Gasteiger partial charge is 0.240 e. The Morgan fingerprint density at radius 3 is 2.50 bits per heavy atom. The van der Waals surface area contributed by atoms with Crippen LogP contribution in [0.4, 0.5) is 0 Å². The van der Waals surface area contributed by atoms with Crippen LogP contribution in [0.3, 0.4) is 0 Å². The molecule has 1 aliphatic heterocycles. The molecule has 0 atom stereocenters. The molecular weight excluding hydrogens is 398 g/mol. The molecule has 0 saturated carbocycles. The van der Waals surface area contributed by atoms with Crippen LogP contribution in [0.1, 0.15) is 6.42 Å². The number of hydrogen-bond donors (Lipinski definition) is 2. The first-order chi connectivity index (χ1) is 11.5. The van der Waals surface area contributed by atoms with Gasteiger partial charge in [-0.1, -0.05) is 15.9 Å². The molecule has 1 saturated heterocycles. The zero-order valence-electron chi connectivity index (χ0n) is 13.3.